The van der Waals surface area contributed by atoms with Gasteiger partial charge in [-0.1, -0.05) is 26.0 Å². The van der Waals surface area contributed by atoms with Crippen LogP contribution in [-0.4, -0.2) is 25.9 Å². The molecule has 0 saturated carbocycles. The number of carbonyl (C=O) groups excluding carboxylic acids is 1. The van der Waals surface area contributed by atoms with Crippen molar-refractivity contribution in [2.75, 3.05) is 0 Å². The van der Waals surface area contributed by atoms with Crippen molar-refractivity contribution in [3.05, 3.63) is 11.9 Å². The molecule has 0 aliphatic carbocycles. The minimum atomic E-state index is -0.261. The smallest absolute Gasteiger partial charge is 0.138 e. The molecule has 0 spiro atoms. The molecule has 0 aliphatic heterocycles. The molecule has 0 aliphatic rings. The van der Waals surface area contributed by atoms with Gasteiger partial charge >= 0.3 is 0 Å². The third kappa shape index (κ3) is 3.73. The van der Waals surface area contributed by atoms with E-state index < -0.39 is 0 Å². The van der Waals surface area contributed by atoms with Crippen LogP contribution in [0.3, 0.4) is 0 Å². The summed E-state index contributed by atoms with van der Waals surface area (Å²) < 4.78 is 1.36. The third-order valence-corrected chi connectivity index (χ3v) is 2.40. The van der Waals surface area contributed by atoms with Crippen molar-refractivity contribution in [3.8, 4) is 0 Å². The van der Waals surface area contributed by atoms with E-state index in [0.29, 0.717) is 6.42 Å². The Balaban J connectivity index is 2.33. The Morgan fingerprint density at radius 2 is 2.19 bits per heavy atom. The molecule has 0 amide bonds. The number of Topliss-reactive ketones (excluding diaryl/α,β-unsaturated/α-hetero) is 1. The van der Waals surface area contributed by atoms with Crippen molar-refractivity contribution >= 4 is 5.78 Å². The Labute approximate surface area is 95.5 Å². The summed E-state index contributed by atoms with van der Waals surface area (Å²) in [5.74, 6) is 0.266. The Morgan fingerprint density at radius 3 is 2.69 bits per heavy atom. The maximum absolute atomic E-state index is 11.6. The first-order valence-corrected chi connectivity index (χ1v) is 5.46. The molecule has 1 N–H and O–H groups in total. The predicted molar refractivity (Wildman–Crippen MR) is 59.6 cm³/mol. The third-order valence-electron chi connectivity index (χ3n) is 2.40. The van der Waals surface area contributed by atoms with Crippen molar-refractivity contribution in [1.29, 1.82) is 0 Å². The van der Waals surface area contributed by atoms with E-state index in [-0.39, 0.29) is 17.9 Å². The van der Waals surface area contributed by atoms with Crippen LogP contribution in [0.2, 0.25) is 0 Å². The Hall–Kier alpha value is -1.23. The quantitative estimate of drug-likeness (QED) is 0.816. The van der Waals surface area contributed by atoms with Gasteiger partial charge in [0.1, 0.15) is 12.5 Å². The van der Waals surface area contributed by atoms with E-state index in [1.54, 1.807) is 6.20 Å². The molecular weight excluding hydrogens is 206 g/mol. The molecule has 1 heterocycles. The molecule has 0 atom stereocenters. The second-order valence-electron chi connectivity index (χ2n) is 4.92. The first kappa shape index (κ1) is 12.8. The predicted octanol–water partition coefficient (Wildman–Crippen LogP) is 1.17. The number of nitrogens with zero attached hydrogens (tertiary/aromatic N) is 3. The second-order valence-corrected chi connectivity index (χ2v) is 4.92. The molecule has 16 heavy (non-hydrogen) atoms. The van der Waals surface area contributed by atoms with Crippen LogP contribution in [0.15, 0.2) is 6.20 Å². The summed E-state index contributed by atoms with van der Waals surface area (Å²) >= 11 is 0. The zero-order valence-corrected chi connectivity index (χ0v) is 10.1. The molecule has 1 aromatic heterocycles. The number of rotatable bonds is 5. The highest BCUT2D eigenvalue weighted by Crippen LogP contribution is 2.18. The molecule has 5 heteroatoms. The van der Waals surface area contributed by atoms with Crippen molar-refractivity contribution in [2.24, 2.45) is 5.41 Å². The van der Waals surface area contributed by atoms with Crippen LogP contribution in [0.5, 0.6) is 0 Å². The summed E-state index contributed by atoms with van der Waals surface area (Å²) in [7, 11) is 0. The zero-order chi connectivity index (χ0) is 12.2. The Morgan fingerprint density at radius 1 is 1.50 bits per heavy atom. The van der Waals surface area contributed by atoms with E-state index in [1.165, 1.54) is 4.68 Å². The van der Waals surface area contributed by atoms with E-state index in [1.807, 2.05) is 20.8 Å². The fourth-order valence-electron chi connectivity index (χ4n) is 1.33. The van der Waals surface area contributed by atoms with E-state index in [2.05, 4.69) is 10.3 Å². The maximum Gasteiger partial charge on any atom is 0.138 e. The number of hydrogen-bond acceptors (Lipinski definition) is 4. The Bertz CT molecular complexity index is 352. The minimum absolute atomic E-state index is 0.159. The first-order valence-electron chi connectivity index (χ1n) is 5.46. The van der Waals surface area contributed by atoms with Gasteiger partial charge in [0.05, 0.1) is 11.9 Å². The topological polar surface area (TPSA) is 68.0 Å². The fourth-order valence-corrected chi connectivity index (χ4v) is 1.33. The molecular formula is C11H19N3O2. The van der Waals surface area contributed by atoms with Gasteiger partial charge in [0.15, 0.2) is 0 Å². The number of carbonyl (C=O) groups is 1. The summed E-state index contributed by atoms with van der Waals surface area (Å²) in [4.78, 5) is 11.6. The lowest BCUT2D eigenvalue weighted by Gasteiger charge is -2.15. The highest BCUT2D eigenvalue weighted by atomic mass is 16.3. The van der Waals surface area contributed by atoms with Crippen molar-refractivity contribution in [3.63, 3.8) is 0 Å². The minimum Gasteiger partial charge on any atom is -0.374 e. The lowest BCUT2D eigenvalue weighted by molar-refractivity contribution is -0.126. The summed E-state index contributed by atoms with van der Waals surface area (Å²) in [6, 6.07) is 0. The van der Waals surface area contributed by atoms with Gasteiger partial charge in [-0.05, 0) is 12.8 Å². The summed E-state index contributed by atoms with van der Waals surface area (Å²) in [5.41, 5.74) is 0.554. The molecule has 0 saturated heterocycles. The van der Waals surface area contributed by atoms with Gasteiger partial charge in [0.25, 0.3) is 0 Å². The van der Waals surface area contributed by atoms with Crippen LogP contribution < -0.4 is 0 Å². The Kier molecular flexibility index (Phi) is 4.18. The molecule has 5 nitrogen and oxygen atoms in total. The normalized spacial score (nSPS) is 11.8. The molecule has 0 aromatic carbocycles. The first-order chi connectivity index (χ1) is 7.43. The van der Waals surface area contributed by atoms with Gasteiger partial charge in [0.2, 0.25) is 0 Å². The van der Waals surface area contributed by atoms with E-state index in [9.17, 15) is 4.79 Å². The van der Waals surface area contributed by atoms with Gasteiger partial charge in [0, 0.05) is 11.8 Å². The molecule has 0 radical (unpaired) electrons. The standard InChI is InChI=1S/C11H19N3O2/c1-11(2,3)10(16)6-4-5-9-7-14(8-15)13-12-9/h7,15H,4-6,8H2,1-3H3. The molecule has 0 unspecified atom stereocenters. The average Bonchev–Trinajstić information content (AvgIpc) is 2.64. The number of ketones is 1. The van der Waals surface area contributed by atoms with E-state index >= 15 is 0 Å². The highest BCUT2D eigenvalue weighted by molar-refractivity contribution is 5.83. The van der Waals surface area contributed by atoms with Crippen molar-refractivity contribution < 1.29 is 9.90 Å². The SMILES string of the molecule is CC(C)(C)C(=O)CCCc1cn(CO)nn1. The fraction of sp³-hybridized carbons (Fsp3) is 0.727. The van der Waals surface area contributed by atoms with Gasteiger partial charge in [-0.2, -0.15) is 0 Å². The number of aliphatic hydroxyl groups is 1. The summed E-state index contributed by atoms with van der Waals surface area (Å²) in [5, 5.41) is 16.4. The molecule has 1 rings (SSSR count). The van der Waals surface area contributed by atoms with Crippen LogP contribution >= 0.6 is 0 Å². The number of hydrogen-bond donors (Lipinski definition) is 1. The number of aryl methyl sites for hydroxylation is 1. The maximum atomic E-state index is 11.6. The lowest BCUT2D eigenvalue weighted by atomic mass is 9.88. The zero-order valence-electron chi connectivity index (χ0n) is 10.1. The molecule has 1 aromatic rings. The summed E-state index contributed by atoms with van der Waals surface area (Å²) in [6.07, 6.45) is 3.76. The van der Waals surface area contributed by atoms with Gasteiger partial charge < -0.3 is 5.11 Å². The van der Waals surface area contributed by atoms with Crippen LogP contribution in [0.4, 0.5) is 0 Å². The van der Waals surface area contributed by atoms with Crippen molar-refractivity contribution in [2.45, 2.75) is 46.8 Å². The summed E-state index contributed by atoms with van der Waals surface area (Å²) in [6.45, 7) is 5.63. The van der Waals surface area contributed by atoms with Gasteiger partial charge in [-0.3, -0.25) is 4.79 Å². The van der Waals surface area contributed by atoms with Crippen molar-refractivity contribution in [1.82, 2.24) is 15.0 Å². The van der Waals surface area contributed by atoms with Crippen LogP contribution in [0.25, 0.3) is 0 Å². The number of aliphatic hydroxyl groups excluding tert-OH is 1. The molecule has 0 bridgehead atoms. The van der Waals surface area contributed by atoms with Crippen LogP contribution in [-0.2, 0) is 17.9 Å². The van der Waals surface area contributed by atoms with Gasteiger partial charge in [-0.15, -0.1) is 5.10 Å². The highest BCUT2D eigenvalue weighted by Gasteiger charge is 2.20. The molecule has 90 valence electrons. The monoisotopic (exact) mass is 225 g/mol. The van der Waals surface area contributed by atoms with Crippen LogP contribution in [0.1, 0.15) is 39.3 Å². The second kappa shape index (κ2) is 5.21. The van der Waals surface area contributed by atoms with Gasteiger partial charge in [-0.25, -0.2) is 4.68 Å². The number of aromatic nitrogens is 3. The van der Waals surface area contributed by atoms with E-state index in [0.717, 1.165) is 18.5 Å². The lowest BCUT2D eigenvalue weighted by Crippen LogP contribution is -2.19. The largest absolute Gasteiger partial charge is 0.374 e. The van der Waals surface area contributed by atoms with E-state index in [4.69, 9.17) is 5.11 Å². The van der Waals surface area contributed by atoms with Crippen LogP contribution in [0, 0.1) is 5.41 Å². The average molecular weight is 225 g/mol. The molecule has 0 fully saturated rings.